The summed E-state index contributed by atoms with van der Waals surface area (Å²) in [6.07, 6.45) is 1.87. The largest absolute Gasteiger partial charge is 0.339 e. The Morgan fingerprint density at radius 1 is 1.10 bits per heavy atom. The number of anilines is 1. The molecular weight excluding hydrogens is 392 g/mol. The molecule has 0 bridgehead atoms. The smallest absolute Gasteiger partial charge is 0.253 e. The molecule has 2 heterocycles. The van der Waals surface area contributed by atoms with Crippen molar-refractivity contribution in [2.75, 3.05) is 23.7 Å². The molecule has 156 valence electrons. The zero-order valence-corrected chi connectivity index (χ0v) is 17.9. The van der Waals surface area contributed by atoms with Gasteiger partial charge in [-0.2, -0.15) is 5.10 Å². The number of carbonyl (C=O) groups is 2. The molecule has 1 aromatic heterocycles. The summed E-state index contributed by atoms with van der Waals surface area (Å²) in [7, 11) is -2.11. The van der Waals surface area contributed by atoms with E-state index in [0.717, 1.165) is 10.6 Å². The predicted molar refractivity (Wildman–Crippen MR) is 110 cm³/mol. The maximum atomic E-state index is 13.2. The molecule has 8 nitrogen and oxygen atoms in total. The third-order valence-electron chi connectivity index (χ3n) is 5.36. The van der Waals surface area contributed by atoms with Crippen LogP contribution < -0.4 is 4.31 Å². The molecule has 1 aromatic carbocycles. The second-order valence-electron chi connectivity index (χ2n) is 7.44. The first-order valence-corrected chi connectivity index (χ1v) is 11.3. The molecule has 1 fully saturated rings. The molecule has 0 atom stereocenters. The van der Waals surface area contributed by atoms with E-state index in [2.05, 4.69) is 5.10 Å². The molecule has 3 rings (SSSR count). The number of carbonyl (C=O) groups excluding carboxylic acids is 2. The maximum Gasteiger partial charge on any atom is 0.253 e. The van der Waals surface area contributed by atoms with Gasteiger partial charge in [0.05, 0.1) is 17.6 Å². The number of aromatic nitrogens is 2. The van der Waals surface area contributed by atoms with Gasteiger partial charge in [-0.1, -0.05) is 18.2 Å². The van der Waals surface area contributed by atoms with Gasteiger partial charge in [0.15, 0.2) is 0 Å². The molecule has 0 unspecified atom stereocenters. The van der Waals surface area contributed by atoms with Crippen LogP contribution in [0.15, 0.2) is 30.3 Å². The summed E-state index contributed by atoms with van der Waals surface area (Å²) in [4.78, 5) is 27.5. The van der Waals surface area contributed by atoms with E-state index < -0.39 is 21.8 Å². The molecule has 0 radical (unpaired) electrons. The maximum absolute atomic E-state index is 13.2. The quantitative estimate of drug-likeness (QED) is 0.756. The number of rotatable bonds is 4. The fourth-order valence-electron chi connectivity index (χ4n) is 3.75. The molecule has 1 aliphatic heterocycles. The van der Waals surface area contributed by atoms with E-state index in [-0.39, 0.29) is 5.91 Å². The fraction of sp³-hybridized carbons (Fsp3) is 0.450. The molecule has 0 spiro atoms. The van der Waals surface area contributed by atoms with Crippen molar-refractivity contribution in [1.82, 2.24) is 14.7 Å². The molecule has 1 saturated heterocycles. The Kier molecular flexibility index (Phi) is 5.79. The van der Waals surface area contributed by atoms with Gasteiger partial charge in [0, 0.05) is 31.6 Å². The first-order valence-electron chi connectivity index (χ1n) is 9.50. The lowest BCUT2D eigenvalue weighted by atomic mass is 9.95. The summed E-state index contributed by atoms with van der Waals surface area (Å²) in [5, 5.41) is 4.25. The highest BCUT2D eigenvalue weighted by atomic mass is 32.2. The van der Waals surface area contributed by atoms with E-state index in [4.69, 9.17) is 0 Å². The number of likely N-dealkylation sites (tertiary alicyclic amines) is 1. The Hall–Kier alpha value is -2.68. The highest BCUT2D eigenvalue weighted by molar-refractivity contribution is 7.92. The van der Waals surface area contributed by atoms with Gasteiger partial charge in [0.25, 0.3) is 5.91 Å². The lowest BCUT2D eigenvalue weighted by Gasteiger charge is -2.33. The first kappa shape index (κ1) is 21.0. The van der Waals surface area contributed by atoms with Crippen LogP contribution in [0.3, 0.4) is 0 Å². The van der Waals surface area contributed by atoms with Crippen molar-refractivity contribution in [3.8, 4) is 0 Å². The highest BCUT2D eigenvalue weighted by Crippen LogP contribution is 2.30. The van der Waals surface area contributed by atoms with Gasteiger partial charge in [0.1, 0.15) is 5.69 Å². The molecular formula is C20H26N4O4S. The van der Waals surface area contributed by atoms with Crippen LogP contribution in [-0.2, 0) is 21.9 Å². The Morgan fingerprint density at radius 3 is 2.17 bits per heavy atom. The van der Waals surface area contributed by atoms with E-state index in [1.807, 2.05) is 18.2 Å². The standard InChI is InChI=1S/C20H26N4O4S/c1-14-18(15(2)22(3)21-14)24(29(4,27)28)20(26)17-10-12-23(13-11-17)19(25)16-8-6-5-7-9-16/h5-9,17H,10-13H2,1-4H3. The summed E-state index contributed by atoms with van der Waals surface area (Å²) < 4.78 is 27.4. The Labute approximate surface area is 171 Å². The van der Waals surface area contributed by atoms with E-state index in [1.54, 1.807) is 42.6 Å². The van der Waals surface area contributed by atoms with Gasteiger partial charge in [0.2, 0.25) is 15.9 Å². The number of amides is 2. The monoisotopic (exact) mass is 418 g/mol. The molecule has 2 aromatic rings. The van der Waals surface area contributed by atoms with E-state index in [0.29, 0.717) is 48.6 Å². The second-order valence-corrected chi connectivity index (χ2v) is 9.27. The van der Waals surface area contributed by atoms with Crippen LogP contribution in [0.4, 0.5) is 5.69 Å². The fourth-order valence-corrected chi connectivity index (χ4v) is 4.83. The van der Waals surface area contributed by atoms with Gasteiger partial charge in [-0.3, -0.25) is 14.3 Å². The van der Waals surface area contributed by atoms with Gasteiger partial charge >= 0.3 is 0 Å². The third-order valence-corrected chi connectivity index (χ3v) is 6.38. The average molecular weight is 419 g/mol. The lowest BCUT2D eigenvalue weighted by molar-refractivity contribution is -0.122. The zero-order chi connectivity index (χ0) is 21.3. The normalized spacial score (nSPS) is 15.4. The molecule has 1 aliphatic rings. The summed E-state index contributed by atoms with van der Waals surface area (Å²) in [5.41, 5.74) is 2.03. The van der Waals surface area contributed by atoms with Crippen LogP contribution in [0.25, 0.3) is 0 Å². The first-order chi connectivity index (χ1) is 13.6. The highest BCUT2D eigenvalue weighted by Gasteiger charge is 2.37. The van der Waals surface area contributed by atoms with E-state index in [9.17, 15) is 18.0 Å². The van der Waals surface area contributed by atoms with Crippen molar-refractivity contribution in [2.45, 2.75) is 26.7 Å². The molecule has 9 heteroatoms. The predicted octanol–water partition coefficient (Wildman–Crippen LogP) is 1.88. The summed E-state index contributed by atoms with van der Waals surface area (Å²) >= 11 is 0. The van der Waals surface area contributed by atoms with Crippen LogP contribution in [0, 0.1) is 19.8 Å². The topological polar surface area (TPSA) is 92.6 Å². The molecule has 0 saturated carbocycles. The van der Waals surface area contributed by atoms with Crippen molar-refractivity contribution >= 4 is 27.5 Å². The van der Waals surface area contributed by atoms with Crippen molar-refractivity contribution < 1.29 is 18.0 Å². The molecule has 0 N–H and O–H groups in total. The average Bonchev–Trinajstić information content (AvgIpc) is 2.93. The molecule has 0 aliphatic carbocycles. The number of piperidine rings is 1. The SMILES string of the molecule is Cc1nn(C)c(C)c1N(C(=O)C1CCN(C(=O)c2ccccc2)CC1)S(C)(=O)=O. The summed E-state index contributed by atoms with van der Waals surface area (Å²) in [6, 6.07) is 9.00. The van der Waals surface area contributed by atoms with Crippen molar-refractivity contribution in [3.05, 3.63) is 47.3 Å². The van der Waals surface area contributed by atoms with Crippen molar-refractivity contribution in [2.24, 2.45) is 13.0 Å². The number of hydrogen-bond donors (Lipinski definition) is 0. The number of aryl methyl sites for hydroxylation is 2. The number of sulfonamides is 1. The van der Waals surface area contributed by atoms with E-state index >= 15 is 0 Å². The second kappa shape index (κ2) is 7.98. The van der Waals surface area contributed by atoms with E-state index in [1.165, 1.54) is 0 Å². The van der Waals surface area contributed by atoms with Crippen LogP contribution >= 0.6 is 0 Å². The van der Waals surface area contributed by atoms with Gasteiger partial charge < -0.3 is 4.90 Å². The lowest BCUT2D eigenvalue weighted by Crippen LogP contribution is -2.46. The molecule has 2 amide bonds. The zero-order valence-electron chi connectivity index (χ0n) is 17.1. The minimum atomic E-state index is -3.82. The number of benzene rings is 1. The third kappa shape index (κ3) is 4.19. The Morgan fingerprint density at radius 2 is 1.69 bits per heavy atom. The van der Waals surface area contributed by atoms with Crippen molar-refractivity contribution in [1.29, 1.82) is 0 Å². The van der Waals surface area contributed by atoms with Crippen LogP contribution in [-0.4, -0.2) is 54.3 Å². The van der Waals surface area contributed by atoms with Crippen molar-refractivity contribution in [3.63, 3.8) is 0 Å². The number of nitrogens with zero attached hydrogens (tertiary/aromatic N) is 4. The van der Waals surface area contributed by atoms with Crippen LogP contribution in [0.5, 0.6) is 0 Å². The Bertz CT molecular complexity index is 1020. The molecule has 29 heavy (non-hydrogen) atoms. The summed E-state index contributed by atoms with van der Waals surface area (Å²) in [5.74, 6) is -1.00. The van der Waals surface area contributed by atoms with Gasteiger partial charge in [-0.15, -0.1) is 0 Å². The van der Waals surface area contributed by atoms with Crippen LogP contribution in [0.1, 0.15) is 34.6 Å². The number of hydrogen-bond acceptors (Lipinski definition) is 5. The minimum absolute atomic E-state index is 0.0737. The minimum Gasteiger partial charge on any atom is -0.339 e. The van der Waals surface area contributed by atoms with Crippen LogP contribution in [0.2, 0.25) is 0 Å². The Balaban J connectivity index is 1.78. The van der Waals surface area contributed by atoms with Gasteiger partial charge in [-0.05, 0) is 38.8 Å². The summed E-state index contributed by atoms with van der Waals surface area (Å²) in [6.45, 7) is 4.25. The van der Waals surface area contributed by atoms with Gasteiger partial charge in [-0.25, -0.2) is 12.7 Å².